The zero-order valence-corrected chi connectivity index (χ0v) is 14.3. The quantitative estimate of drug-likeness (QED) is 0.879. The van der Waals surface area contributed by atoms with E-state index < -0.39 is 10.0 Å². The largest absolute Gasteiger partial charge is 0.398 e. The molecule has 0 amide bonds. The van der Waals surface area contributed by atoms with Gasteiger partial charge in [-0.05, 0) is 61.0 Å². The summed E-state index contributed by atoms with van der Waals surface area (Å²) in [7, 11) is -2.00. The van der Waals surface area contributed by atoms with Crippen LogP contribution < -0.4 is 5.73 Å². The van der Waals surface area contributed by atoms with Gasteiger partial charge in [0, 0.05) is 18.5 Å². The average molecular weight is 324 g/mol. The lowest BCUT2D eigenvalue weighted by Gasteiger charge is -2.19. The second kappa shape index (κ2) is 5.79. The van der Waals surface area contributed by atoms with E-state index in [4.69, 9.17) is 5.73 Å². The molecule has 2 N–H and O–H groups in total. The molecule has 0 unspecified atom stereocenters. The van der Waals surface area contributed by atoms with Crippen LogP contribution >= 0.6 is 11.3 Å². The van der Waals surface area contributed by atoms with Crippen LogP contribution in [0.15, 0.2) is 28.5 Å². The van der Waals surface area contributed by atoms with Crippen LogP contribution in [0.3, 0.4) is 0 Å². The summed E-state index contributed by atoms with van der Waals surface area (Å²) in [5.74, 6) is 0. The zero-order valence-electron chi connectivity index (χ0n) is 12.7. The van der Waals surface area contributed by atoms with Crippen molar-refractivity contribution in [3.8, 4) is 0 Å². The van der Waals surface area contributed by atoms with Crippen molar-refractivity contribution >= 4 is 27.0 Å². The molecule has 114 valence electrons. The molecule has 0 fully saturated rings. The topological polar surface area (TPSA) is 63.4 Å². The minimum Gasteiger partial charge on any atom is -0.398 e. The number of thiophene rings is 1. The maximum absolute atomic E-state index is 12.7. The lowest BCUT2D eigenvalue weighted by Crippen LogP contribution is -2.27. The van der Waals surface area contributed by atoms with Gasteiger partial charge in [-0.3, -0.25) is 0 Å². The molecule has 1 aromatic carbocycles. The highest BCUT2D eigenvalue weighted by molar-refractivity contribution is 7.89. The van der Waals surface area contributed by atoms with Gasteiger partial charge in [0.15, 0.2) is 0 Å². The van der Waals surface area contributed by atoms with Crippen LogP contribution in [0, 0.1) is 20.8 Å². The van der Waals surface area contributed by atoms with E-state index in [1.807, 2.05) is 32.2 Å². The number of rotatable bonds is 4. The first kappa shape index (κ1) is 16.0. The maximum atomic E-state index is 12.7. The smallest absolute Gasteiger partial charge is 0.245 e. The third kappa shape index (κ3) is 3.12. The Morgan fingerprint density at radius 2 is 1.76 bits per heavy atom. The van der Waals surface area contributed by atoms with Crippen LogP contribution in [0.4, 0.5) is 5.69 Å². The first-order valence-corrected chi connectivity index (χ1v) is 8.91. The minimum atomic E-state index is -3.59. The molecule has 0 bridgehead atoms. The SMILES string of the molecule is Cc1cc(N)c(S(=O)(=O)N(C)Cc2sccc2C)cc1C. The van der Waals surface area contributed by atoms with Gasteiger partial charge in [-0.2, -0.15) is 4.31 Å². The highest BCUT2D eigenvalue weighted by Gasteiger charge is 2.24. The van der Waals surface area contributed by atoms with Crippen molar-refractivity contribution in [3.63, 3.8) is 0 Å². The Labute approximate surface area is 130 Å². The molecular weight excluding hydrogens is 304 g/mol. The number of nitrogens with two attached hydrogens (primary N) is 1. The van der Waals surface area contributed by atoms with Crippen molar-refractivity contribution in [1.82, 2.24) is 4.31 Å². The molecule has 0 saturated carbocycles. The Balaban J connectivity index is 2.38. The van der Waals surface area contributed by atoms with E-state index in [-0.39, 0.29) is 4.90 Å². The van der Waals surface area contributed by atoms with Crippen molar-refractivity contribution in [1.29, 1.82) is 0 Å². The lowest BCUT2D eigenvalue weighted by atomic mass is 10.1. The van der Waals surface area contributed by atoms with Gasteiger partial charge in [0.25, 0.3) is 0 Å². The van der Waals surface area contributed by atoms with Crippen LogP contribution in [0.25, 0.3) is 0 Å². The van der Waals surface area contributed by atoms with Gasteiger partial charge in [-0.25, -0.2) is 8.42 Å². The summed E-state index contributed by atoms with van der Waals surface area (Å²) in [5, 5.41) is 1.97. The molecule has 0 saturated heterocycles. The Kier molecular flexibility index (Phi) is 4.41. The molecule has 1 heterocycles. The molecule has 2 aromatic rings. The van der Waals surface area contributed by atoms with Gasteiger partial charge < -0.3 is 5.73 Å². The van der Waals surface area contributed by atoms with Crippen LogP contribution in [0.2, 0.25) is 0 Å². The summed E-state index contributed by atoms with van der Waals surface area (Å²) in [5.41, 5.74) is 9.23. The minimum absolute atomic E-state index is 0.183. The van der Waals surface area contributed by atoms with Crippen molar-refractivity contribution in [2.75, 3.05) is 12.8 Å². The second-order valence-electron chi connectivity index (χ2n) is 5.26. The van der Waals surface area contributed by atoms with Crippen LogP contribution in [0.5, 0.6) is 0 Å². The molecule has 0 radical (unpaired) electrons. The number of sulfonamides is 1. The van der Waals surface area contributed by atoms with Gasteiger partial charge >= 0.3 is 0 Å². The first-order valence-electron chi connectivity index (χ1n) is 6.59. The van der Waals surface area contributed by atoms with Crippen molar-refractivity contribution in [2.24, 2.45) is 0 Å². The monoisotopic (exact) mass is 324 g/mol. The van der Waals surface area contributed by atoms with Gasteiger partial charge in [0.2, 0.25) is 10.0 Å². The second-order valence-corrected chi connectivity index (χ2v) is 8.28. The fourth-order valence-corrected chi connectivity index (χ4v) is 4.41. The normalized spacial score (nSPS) is 12.0. The van der Waals surface area contributed by atoms with Gasteiger partial charge in [0.1, 0.15) is 4.90 Å². The molecule has 0 atom stereocenters. The molecule has 0 aliphatic carbocycles. The summed E-state index contributed by atoms with van der Waals surface area (Å²) >= 11 is 1.56. The summed E-state index contributed by atoms with van der Waals surface area (Å²) in [6, 6.07) is 5.36. The third-order valence-electron chi connectivity index (χ3n) is 3.65. The Hall–Kier alpha value is -1.37. The van der Waals surface area contributed by atoms with E-state index in [0.717, 1.165) is 21.6 Å². The molecule has 6 heteroatoms. The molecule has 0 aliphatic heterocycles. The third-order valence-corrected chi connectivity index (χ3v) is 6.52. The Bertz CT molecular complexity index is 764. The first-order chi connectivity index (χ1) is 9.73. The van der Waals surface area contributed by atoms with E-state index in [1.54, 1.807) is 30.5 Å². The zero-order chi connectivity index (χ0) is 15.8. The molecule has 1 aromatic heterocycles. The maximum Gasteiger partial charge on any atom is 0.245 e. The van der Waals surface area contributed by atoms with E-state index in [0.29, 0.717) is 12.2 Å². The number of nitrogens with zero attached hydrogens (tertiary/aromatic N) is 1. The summed E-state index contributed by atoms with van der Waals surface area (Å²) in [6.07, 6.45) is 0. The number of aryl methyl sites for hydroxylation is 3. The molecule has 2 rings (SSSR count). The van der Waals surface area contributed by atoms with E-state index in [9.17, 15) is 8.42 Å². The van der Waals surface area contributed by atoms with E-state index in [2.05, 4.69) is 0 Å². The van der Waals surface area contributed by atoms with Crippen molar-refractivity contribution in [3.05, 3.63) is 45.1 Å². The van der Waals surface area contributed by atoms with E-state index >= 15 is 0 Å². The number of benzene rings is 1. The predicted molar refractivity (Wildman–Crippen MR) is 88.0 cm³/mol. The van der Waals surface area contributed by atoms with Crippen LogP contribution in [0.1, 0.15) is 21.6 Å². The number of nitrogen functional groups attached to an aromatic ring is 1. The highest BCUT2D eigenvalue weighted by Crippen LogP contribution is 2.27. The summed E-state index contributed by atoms with van der Waals surface area (Å²) in [6.45, 7) is 6.15. The average Bonchev–Trinajstić information content (AvgIpc) is 2.79. The predicted octanol–water partition coefficient (Wildman–Crippen LogP) is 3.08. The molecule has 4 nitrogen and oxygen atoms in total. The molecular formula is C15H20N2O2S2. The van der Waals surface area contributed by atoms with Gasteiger partial charge in [-0.1, -0.05) is 0 Å². The van der Waals surface area contributed by atoms with Crippen LogP contribution in [-0.4, -0.2) is 19.8 Å². The van der Waals surface area contributed by atoms with E-state index in [1.165, 1.54) is 4.31 Å². The lowest BCUT2D eigenvalue weighted by molar-refractivity contribution is 0.469. The van der Waals surface area contributed by atoms with Gasteiger partial charge in [0.05, 0.1) is 5.69 Å². The molecule has 21 heavy (non-hydrogen) atoms. The highest BCUT2D eigenvalue weighted by atomic mass is 32.2. The Morgan fingerprint density at radius 1 is 1.14 bits per heavy atom. The van der Waals surface area contributed by atoms with Gasteiger partial charge in [-0.15, -0.1) is 11.3 Å². The van der Waals surface area contributed by atoms with Crippen molar-refractivity contribution in [2.45, 2.75) is 32.2 Å². The number of anilines is 1. The molecule has 0 aliphatic rings. The fraction of sp³-hybridized carbons (Fsp3) is 0.333. The standard InChI is InChI=1S/C15H20N2O2S2/c1-10-5-6-20-14(10)9-17(4)21(18,19)15-8-12(3)11(2)7-13(15)16/h5-8H,9,16H2,1-4H3. The summed E-state index contributed by atoms with van der Waals surface area (Å²) < 4.78 is 26.8. The fourth-order valence-electron chi connectivity index (χ4n) is 2.06. The molecule has 0 spiro atoms. The van der Waals surface area contributed by atoms with Crippen molar-refractivity contribution < 1.29 is 8.42 Å². The summed E-state index contributed by atoms with van der Waals surface area (Å²) in [4.78, 5) is 1.23. The Morgan fingerprint density at radius 3 is 2.33 bits per heavy atom. The van der Waals surface area contributed by atoms with Crippen LogP contribution in [-0.2, 0) is 16.6 Å². The number of hydrogen-bond acceptors (Lipinski definition) is 4. The number of hydrogen-bond donors (Lipinski definition) is 1.